The summed E-state index contributed by atoms with van der Waals surface area (Å²) in [6.07, 6.45) is 0. The van der Waals surface area contributed by atoms with Gasteiger partial charge in [-0.05, 0) is 35.0 Å². The van der Waals surface area contributed by atoms with Gasteiger partial charge in [0.15, 0.2) is 0 Å². The number of pyridine rings is 1. The predicted molar refractivity (Wildman–Crippen MR) is 75.1 cm³/mol. The molecule has 0 saturated heterocycles. The van der Waals surface area contributed by atoms with Crippen molar-refractivity contribution in [1.82, 2.24) is 4.98 Å². The van der Waals surface area contributed by atoms with Gasteiger partial charge in [0.05, 0.1) is 20.8 Å². The highest BCUT2D eigenvalue weighted by molar-refractivity contribution is 9.10. The van der Waals surface area contributed by atoms with Crippen molar-refractivity contribution < 1.29 is 19.0 Å². The summed E-state index contributed by atoms with van der Waals surface area (Å²) in [6.45, 7) is 1.55. The molecule has 0 aliphatic heterocycles. The highest BCUT2D eigenvalue weighted by Gasteiger charge is 2.12. The topological polar surface area (TPSA) is 59.4 Å². The molecule has 104 valence electrons. The van der Waals surface area contributed by atoms with Gasteiger partial charge in [0.1, 0.15) is 11.6 Å². The lowest BCUT2D eigenvalue weighted by Crippen LogP contribution is -2.02. The van der Waals surface area contributed by atoms with Gasteiger partial charge >= 0.3 is 5.97 Å². The molecule has 20 heavy (non-hydrogen) atoms. The monoisotopic (exact) mass is 359 g/mol. The van der Waals surface area contributed by atoms with Gasteiger partial charge in [-0.2, -0.15) is 0 Å². The van der Waals surface area contributed by atoms with E-state index in [4.69, 9.17) is 21.4 Å². The van der Waals surface area contributed by atoms with Crippen LogP contribution in [0.25, 0.3) is 0 Å². The first-order chi connectivity index (χ1) is 9.38. The van der Waals surface area contributed by atoms with Crippen molar-refractivity contribution in [3.8, 4) is 11.6 Å². The number of aromatic nitrogens is 1. The number of benzene rings is 1. The van der Waals surface area contributed by atoms with Crippen molar-refractivity contribution in [2.45, 2.75) is 6.92 Å². The Labute approximate surface area is 127 Å². The fourth-order valence-corrected chi connectivity index (χ4v) is 2.24. The van der Waals surface area contributed by atoms with Crippen LogP contribution in [0.5, 0.6) is 11.6 Å². The standard InChI is InChI=1S/C13H8BrClFNO3/c1-6-7(13(18)19)2-3-12(17-6)20-11-5-10(16)9(15)4-8(11)14/h2-5H,1H3,(H,18,19). The van der Waals surface area contributed by atoms with Gasteiger partial charge in [-0.15, -0.1) is 0 Å². The summed E-state index contributed by atoms with van der Waals surface area (Å²) in [5, 5.41) is 8.87. The first kappa shape index (κ1) is 14.7. The summed E-state index contributed by atoms with van der Waals surface area (Å²) in [4.78, 5) is 14.9. The fourth-order valence-electron chi connectivity index (χ4n) is 1.52. The van der Waals surface area contributed by atoms with Crippen LogP contribution in [0, 0.1) is 12.7 Å². The minimum atomic E-state index is -1.07. The Morgan fingerprint density at radius 2 is 2.15 bits per heavy atom. The van der Waals surface area contributed by atoms with E-state index in [-0.39, 0.29) is 22.2 Å². The molecule has 7 heteroatoms. The van der Waals surface area contributed by atoms with Crippen molar-refractivity contribution in [3.05, 3.63) is 50.8 Å². The molecule has 0 amide bonds. The van der Waals surface area contributed by atoms with Crippen LogP contribution in [0.4, 0.5) is 4.39 Å². The minimum absolute atomic E-state index is 0.0328. The highest BCUT2D eigenvalue weighted by Crippen LogP contribution is 2.33. The molecule has 0 aliphatic rings. The van der Waals surface area contributed by atoms with E-state index in [1.165, 1.54) is 18.2 Å². The molecular formula is C13H8BrClFNO3. The first-order valence-corrected chi connectivity index (χ1v) is 6.59. The molecule has 0 saturated carbocycles. The number of rotatable bonds is 3. The maximum atomic E-state index is 13.4. The van der Waals surface area contributed by atoms with Crippen LogP contribution in [0.3, 0.4) is 0 Å². The fraction of sp³-hybridized carbons (Fsp3) is 0.0769. The predicted octanol–water partition coefficient (Wildman–Crippen LogP) is 4.44. The second kappa shape index (κ2) is 5.76. The average molecular weight is 361 g/mol. The maximum absolute atomic E-state index is 13.4. The molecule has 0 bridgehead atoms. The zero-order chi connectivity index (χ0) is 14.9. The molecule has 0 unspecified atom stereocenters. The van der Waals surface area contributed by atoms with Gasteiger partial charge in [-0.3, -0.25) is 0 Å². The number of aromatic carboxylic acids is 1. The molecule has 1 heterocycles. The number of carboxylic acid groups (broad SMARTS) is 1. The van der Waals surface area contributed by atoms with Crippen LogP contribution >= 0.6 is 27.5 Å². The molecular weight excluding hydrogens is 353 g/mol. The van der Waals surface area contributed by atoms with Crippen molar-refractivity contribution in [3.63, 3.8) is 0 Å². The van der Waals surface area contributed by atoms with E-state index in [1.54, 1.807) is 6.92 Å². The largest absolute Gasteiger partial charge is 0.478 e. The molecule has 0 atom stereocenters. The van der Waals surface area contributed by atoms with Crippen LogP contribution in [0.1, 0.15) is 16.1 Å². The summed E-state index contributed by atoms with van der Waals surface area (Å²) in [5.74, 6) is -1.33. The highest BCUT2D eigenvalue weighted by atomic mass is 79.9. The van der Waals surface area contributed by atoms with Crippen LogP contribution in [0.2, 0.25) is 5.02 Å². The average Bonchev–Trinajstić information content (AvgIpc) is 2.35. The molecule has 1 N–H and O–H groups in total. The molecule has 0 aliphatic carbocycles. The van der Waals surface area contributed by atoms with Gasteiger partial charge < -0.3 is 9.84 Å². The van der Waals surface area contributed by atoms with Crippen molar-refractivity contribution in [1.29, 1.82) is 0 Å². The lowest BCUT2D eigenvalue weighted by molar-refractivity contribution is 0.0695. The van der Waals surface area contributed by atoms with Crippen molar-refractivity contribution >= 4 is 33.5 Å². The van der Waals surface area contributed by atoms with Crippen LogP contribution in [-0.2, 0) is 0 Å². The second-order valence-electron chi connectivity index (χ2n) is 3.89. The molecule has 0 spiro atoms. The van der Waals surface area contributed by atoms with Gasteiger partial charge in [0.25, 0.3) is 0 Å². The Kier molecular flexibility index (Phi) is 4.25. The van der Waals surface area contributed by atoms with E-state index in [9.17, 15) is 9.18 Å². The summed E-state index contributed by atoms with van der Waals surface area (Å²) >= 11 is 8.83. The summed E-state index contributed by atoms with van der Waals surface area (Å²) in [7, 11) is 0. The molecule has 2 aromatic rings. The van der Waals surface area contributed by atoms with Crippen LogP contribution in [0.15, 0.2) is 28.7 Å². The number of carbonyl (C=O) groups is 1. The zero-order valence-electron chi connectivity index (χ0n) is 10.2. The smallest absolute Gasteiger partial charge is 0.337 e. The number of hydrogen-bond acceptors (Lipinski definition) is 3. The number of carboxylic acids is 1. The molecule has 0 fully saturated rings. The van der Waals surface area contributed by atoms with Gasteiger partial charge in [0, 0.05) is 12.1 Å². The number of ether oxygens (including phenoxy) is 1. The molecule has 1 aromatic heterocycles. The van der Waals surface area contributed by atoms with E-state index in [0.29, 0.717) is 10.2 Å². The van der Waals surface area contributed by atoms with Crippen LogP contribution < -0.4 is 4.74 Å². The lowest BCUT2D eigenvalue weighted by Gasteiger charge is -2.09. The number of nitrogens with zero attached hydrogens (tertiary/aromatic N) is 1. The second-order valence-corrected chi connectivity index (χ2v) is 5.15. The summed E-state index contributed by atoms with van der Waals surface area (Å²) in [6, 6.07) is 5.26. The van der Waals surface area contributed by atoms with Gasteiger partial charge in [0.2, 0.25) is 5.88 Å². The van der Waals surface area contributed by atoms with E-state index in [0.717, 1.165) is 6.07 Å². The molecule has 1 aromatic carbocycles. The van der Waals surface area contributed by atoms with Gasteiger partial charge in [-0.1, -0.05) is 11.6 Å². The van der Waals surface area contributed by atoms with E-state index >= 15 is 0 Å². The zero-order valence-corrected chi connectivity index (χ0v) is 12.5. The third-order valence-electron chi connectivity index (χ3n) is 2.48. The SMILES string of the molecule is Cc1nc(Oc2cc(F)c(Cl)cc2Br)ccc1C(=O)O. The van der Waals surface area contributed by atoms with E-state index in [1.807, 2.05) is 0 Å². The third kappa shape index (κ3) is 3.08. The number of aryl methyl sites for hydroxylation is 1. The normalized spacial score (nSPS) is 10.4. The van der Waals surface area contributed by atoms with Crippen molar-refractivity contribution in [2.75, 3.05) is 0 Å². The Balaban J connectivity index is 2.33. The Bertz CT molecular complexity index is 694. The molecule has 0 radical (unpaired) electrons. The van der Waals surface area contributed by atoms with E-state index in [2.05, 4.69) is 20.9 Å². The van der Waals surface area contributed by atoms with Crippen LogP contribution in [-0.4, -0.2) is 16.1 Å². The molecule has 4 nitrogen and oxygen atoms in total. The summed E-state index contributed by atoms with van der Waals surface area (Å²) < 4.78 is 19.3. The van der Waals surface area contributed by atoms with Gasteiger partial charge in [-0.25, -0.2) is 14.2 Å². The third-order valence-corrected chi connectivity index (χ3v) is 3.39. The minimum Gasteiger partial charge on any atom is -0.478 e. The Morgan fingerprint density at radius 3 is 2.75 bits per heavy atom. The summed E-state index contributed by atoms with van der Waals surface area (Å²) in [5.41, 5.74) is 0.388. The molecule has 2 rings (SSSR count). The Morgan fingerprint density at radius 1 is 1.45 bits per heavy atom. The maximum Gasteiger partial charge on any atom is 0.337 e. The lowest BCUT2D eigenvalue weighted by atomic mass is 10.2. The van der Waals surface area contributed by atoms with Crippen molar-refractivity contribution in [2.24, 2.45) is 0 Å². The Hall–Kier alpha value is -1.66. The quantitative estimate of drug-likeness (QED) is 0.822. The number of halogens is 3. The first-order valence-electron chi connectivity index (χ1n) is 5.42. The van der Waals surface area contributed by atoms with E-state index < -0.39 is 11.8 Å². The number of hydrogen-bond donors (Lipinski definition) is 1.